The number of nitrogens with two attached hydrogens (primary N) is 1. The van der Waals surface area contributed by atoms with Gasteiger partial charge in [0.25, 0.3) is 0 Å². The Bertz CT molecular complexity index is 634. The molecule has 2 unspecified atom stereocenters. The highest BCUT2D eigenvalue weighted by Crippen LogP contribution is 2.42. The van der Waals surface area contributed by atoms with E-state index in [1.54, 1.807) is 0 Å². The smallest absolute Gasteiger partial charge is 0.156 e. The quantitative estimate of drug-likeness (QED) is 0.903. The maximum atomic E-state index is 11.7. The van der Waals surface area contributed by atoms with E-state index >= 15 is 0 Å². The summed E-state index contributed by atoms with van der Waals surface area (Å²) in [5.74, 6) is 0.349. The molecule has 2 bridgehead atoms. The molecular formula is C15H20N2O2S. The molecule has 2 saturated heterocycles. The Kier molecular flexibility index (Phi) is 2.60. The first-order valence-corrected chi connectivity index (χ1v) is 9.02. The molecule has 1 aromatic rings. The molecule has 20 heavy (non-hydrogen) atoms. The summed E-state index contributed by atoms with van der Waals surface area (Å²) >= 11 is 0. The molecule has 0 aromatic heterocycles. The largest absolute Gasteiger partial charge is 0.321 e. The van der Waals surface area contributed by atoms with Gasteiger partial charge in [-0.2, -0.15) is 0 Å². The lowest BCUT2D eigenvalue weighted by Gasteiger charge is -2.26. The van der Waals surface area contributed by atoms with E-state index < -0.39 is 9.84 Å². The Hall–Kier alpha value is -0.910. The second-order valence-corrected chi connectivity index (χ2v) is 8.95. The molecule has 3 fully saturated rings. The number of sulfone groups is 1. The van der Waals surface area contributed by atoms with Crippen LogP contribution in [0.25, 0.3) is 0 Å². The van der Waals surface area contributed by atoms with Gasteiger partial charge in [0.2, 0.25) is 0 Å². The van der Waals surface area contributed by atoms with Gasteiger partial charge in [-0.05, 0) is 30.4 Å². The molecule has 3 aliphatic rings. The highest BCUT2D eigenvalue weighted by molar-refractivity contribution is 7.92. The van der Waals surface area contributed by atoms with Crippen molar-refractivity contribution < 1.29 is 8.42 Å². The summed E-state index contributed by atoms with van der Waals surface area (Å²) in [4.78, 5) is 2.32. The summed E-state index contributed by atoms with van der Waals surface area (Å²) in [6, 6.07) is 8.78. The molecule has 0 spiro atoms. The lowest BCUT2D eigenvalue weighted by Crippen LogP contribution is -2.39. The maximum Gasteiger partial charge on any atom is 0.156 e. The zero-order valence-electron chi connectivity index (χ0n) is 11.5. The Morgan fingerprint density at radius 1 is 1.25 bits per heavy atom. The summed E-state index contributed by atoms with van der Waals surface area (Å²) < 4.78 is 23.5. The third kappa shape index (κ3) is 2.00. The maximum absolute atomic E-state index is 11.7. The number of likely N-dealkylation sites (tertiary alicyclic amines) is 1. The normalized spacial score (nSPS) is 33.5. The van der Waals surface area contributed by atoms with Gasteiger partial charge in [0.1, 0.15) is 0 Å². The predicted octanol–water partition coefficient (Wildman–Crippen LogP) is 1.01. The van der Waals surface area contributed by atoms with Crippen molar-refractivity contribution in [1.82, 2.24) is 4.90 Å². The van der Waals surface area contributed by atoms with Crippen molar-refractivity contribution in [2.75, 3.05) is 12.3 Å². The first-order chi connectivity index (χ1) is 9.46. The SMILES string of the molecule is NC1(c2ccc(CN3CC4CC3CS4(=O)=O)cc2)CC1. The molecule has 1 aromatic carbocycles. The van der Waals surface area contributed by atoms with Crippen molar-refractivity contribution in [2.45, 2.75) is 42.6 Å². The molecule has 0 radical (unpaired) electrons. The number of nitrogens with zero attached hydrogens (tertiary/aromatic N) is 1. The molecule has 2 N–H and O–H groups in total. The molecular weight excluding hydrogens is 272 g/mol. The van der Waals surface area contributed by atoms with Gasteiger partial charge >= 0.3 is 0 Å². The average Bonchev–Trinajstić information content (AvgIpc) is 2.92. The zero-order chi connectivity index (χ0) is 14.0. The standard InChI is InChI=1S/C15H20N2O2S/c16-15(5-6-15)12-3-1-11(2-4-12)8-17-9-14-7-13(17)10-20(14,18)19/h1-4,13-14H,5-10,16H2. The minimum atomic E-state index is -2.79. The topological polar surface area (TPSA) is 63.4 Å². The fourth-order valence-corrected chi connectivity index (χ4v) is 5.66. The number of benzene rings is 1. The van der Waals surface area contributed by atoms with Crippen molar-refractivity contribution in [1.29, 1.82) is 0 Å². The van der Waals surface area contributed by atoms with Crippen LogP contribution in [0.1, 0.15) is 30.4 Å². The van der Waals surface area contributed by atoms with Gasteiger partial charge in [0.15, 0.2) is 9.84 Å². The third-order valence-corrected chi connectivity index (χ3v) is 7.33. The summed E-state index contributed by atoms with van der Waals surface area (Å²) in [5, 5.41) is -0.120. The van der Waals surface area contributed by atoms with E-state index in [4.69, 9.17) is 5.73 Å². The van der Waals surface area contributed by atoms with Gasteiger partial charge < -0.3 is 5.73 Å². The summed E-state index contributed by atoms with van der Waals surface area (Å²) in [5.41, 5.74) is 8.59. The van der Waals surface area contributed by atoms with E-state index in [9.17, 15) is 8.42 Å². The molecule has 0 amide bonds. The van der Waals surface area contributed by atoms with Crippen LogP contribution in [0.4, 0.5) is 0 Å². The number of rotatable bonds is 3. The monoisotopic (exact) mass is 292 g/mol. The minimum absolute atomic E-state index is 0.0701. The average molecular weight is 292 g/mol. The first-order valence-electron chi connectivity index (χ1n) is 7.30. The third-order valence-electron chi connectivity index (χ3n) is 5.13. The second-order valence-electron chi connectivity index (χ2n) is 6.62. The van der Waals surface area contributed by atoms with Crippen LogP contribution in [0.5, 0.6) is 0 Å². The Balaban J connectivity index is 1.46. The fourth-order valence-electron chi connectivity index (χ4n) is 3.57. The highest BCUT2D eigenvalue weighted by Gasteiger charge is 2.48. The number of fused-ring (bicyclic) bond motifs is 2. The van der Waals surface area contributed by atoms with Crippen LogP contribution in [-0.4, -0.2) is 36.9 Å². The van der Waals surface area contributed by atoms with Crippen LogP contribution in [0.15, 0.2) is 24.3 Å². The van der Waals surface area contributed by atoms with E-state index in [1.807, 2.05) is 0 Å². The summed E-state index contributed by atoms with van der Waals surface area (Å²) in [6.07, 6.45) is 2.99. The fraction of sp³-hybridized carbons (Fsp3) is 0.600. The first kappa shape index (κ1) is 12.8. The van der Waals surface area contributed by atoms with E-state index in [1.165, 1.54) is 11.1 Å². The van der Waals surface area contributed by atoms with Crippen molar-refractivity contribution in [3.63, 3.8) is 0 Å². The van der Waals surface area contributed by atoms with Crippen molar-refractivity contribution in [3.05, 3.63) is 35.4 Å². The minimum Gasteiger partial charge on any atom is -0.321 e. The lowest BCUT2D eigenvalue weighted by molar-refractivity contribution is 0.257. The van der Waals surface area contributed by atoms with Crippen LogP contribution in [0.3, 0.4) is 0 Å². The van der Waals surface area contributed by atoms with Crippen LogP contribution >= 0.6 is 0 Å². The van der Waals surface area contributed by atoms with E-state index in [0.717, 1.165) is 25.8 Å². The molecule has 4 nitrogen and oxygen atoms in total. The highest BCUT2D eigenvalue weighted by atomic mass is 32.2. The predicted molar refractivity (Wildman–Crippen MR) is 77.9 cm³/mol. The van der Waals surface area contributed by atoms with Gasteiger partial charge in [-0.15, -0.1) is 0 Å². The van der Waals surface area contributed by atoms with Crippen molar-refractivity contribution in [2.24, 2.45) is 5.73 Å². The zero-order valence-corrected chi connectivity index (χ0v) is 12.3. The molecule has 2 atom stereocenters. The summed E-state index contributed by atoms with van der Waals surface area (Å²) in [6.45, 7) is 1.56. The van der Waals surface area contributed by atoms with Crippen LogP contribution < -0.4 is 5.73 Å². The molecule has 1 saturated carbocycles. The van der Waals surface area contributed by atoms with Crippen molar-refractivity contribution >= 4 is 9.84 Å². The van der Waals surface area contributed by atoms with Gasteiger partial charge in [-0.3, -0.25) is 4.90 Å². The molecule has 108 valence electrons. The number of hydrogen-bond acceptors (Lipinski definition) is 4. The van der Waals surface area contributed by atoms with Gasteiger partial charge in [-0.1, -0.05) is 24.3 Å². The van der Waals surface area contributed by atoms with Crippen LogP contribution in [0, 0.1) is 0 Å². The molecule has 2 heterocycles. The second kappa shape index (κ2) is 4.06. The Morgan fingerprint density at radius 3 is 2.45 bits per heavy atom. The van der Waals surface area contributed by atoms with Crippen molar-refractivity contribution in [3.8, 4) is 0 Å². The van der Waals surface area contributed by atoms with E-state index in [2.05, 4.69) is 29.2 Å². The molecule has 1 aliphatic carbocycles. The van der Waals surface area contributed by atoms with Gasteiger partial charge in [0, 0.05) is 24.7 Å². The van der Waals surface area contributed by atoms with Crippen LogP contribution in [0.2, 0.25) is 0 Å². The Labute approximate surface area is 119 Å². The lowest BCUT2D eigenvalue weighted by atomic mass is 10.0. The summed E-state index contributed by atoms with van der Waals surface area (Å²) in [7, 11) is -2.79. The molecule has 2 aliphatic heterocycles. The van der Waals surface area contributed by atoms with E-state index in [-0.39, 0.29) is 16.8 Å². The molecule has 4 rings (SSSR count). The molecule has 5 heteroatoms. The Morgan fingerprint density at radius 2 is 1.95 bits per heavy atom. The van der Waals surface area contributed by atoms with Gasteiger partial charge in [0.05, 0.1) is 11.0 Å². The van der Waals surface area contributed by atoms with Gasteiger partial charge in [-0.25, -0.2) is 8.42 Å². The van der Waals surface area contributed by atoms with E-state index in [0.29, 0.717) is 12.3 Å². The number of hydrogen-bond donors (Lipinski definition) is 1. The van der Waals surface area contributed by atoms with Crippen LogP contribution in [-0.2, 0) is 21.9 Å².